The SMILES string of the molecule is CCCn1c(=O)[nH]c2c(ncn2COC(=O)C(C)(C)C)c1=O. The smallest absolute Gasteiger partial charge is 0.330 e. The molecule has 0 atom stereocenters. The quantitative estimate of drug-likeness (QED) is 0.844. The van der Waals surface area contributed by atoms with Crippen molar-refractivity contribution in [2.45, 2.75) is 47.4 Å². The van der Waals surface area contributed by atoms with Crippen LogP contribution in [-0.2, 0) is 22.8 Å². The average molecular weight is 308 g/mol. The number of H-pyrrole nitrogens is 1. The molecule has 0 spiro atoms. The third kappa shape index (κ3) is 2.95. The Hall–Kier alpha value is -2.38. The van der Waals surface area contributed by atoms with Crippen LogP contribution in [-0.4, -0.2) is 25.1 Å². The van der Waals surface area contributed by atoms with Crippen LogP contribution < -0.4 is 11.2 Å². The lowest BCUT2D eigenvalue weighted by Crippen LogP contribution is -2.35. The molecule has 120 valence electrons. The summed E-state index contributed by atoms with van der Waals surface area (Å²) < 4.78 is 7.71. The maximum absolute atomic E-state index is 12.2. The molecule has 0 aliphatic rings. The second kappa shape index (κ2) is 5.78. The molecular weight excluding hydrogens is 288 g/mol. The first kappa shape index (κ1) is 16.0. The van der Waals surface area contributed by atoms with Gasteiger partial charge in [-0.15, -0.1) is 0 Å². The lowest BCUT2D eigenvalue weighted by Gasteiger charge is -2.16. The third-order valence-electron chi connectivity index (χ3n) is 3.15. The number of carbonyl (C=O) groups is 1. The van der Waals surface area contributed by atoms with Crippen LogP contribution in [0.4, 0.5) is 0 Å². The van der Waals surface area contributed by atoms with Gasteiger partial charge in [-0.2, -0.15) is 0 Å². The molecule has 8 heteroatoms. The van der Waals surface area contributed by atoms with Crippen LogP contribution in [0.3, 0.4) is 0 Å². The first-order valence-corrected chi connectivity index (χ1v) is 7.11. The van der Waals surface area contributed by atoms with Crippen molar-refractivity contribution in [2.24, 2.45) is 5.41 Å². The van der Waals surface area contributed by atoms with E-state index in [1.165, 1.54) is 10.9 Å². The van der Waals surface area contributed by atoms with Gasteiger partial charge in [-0.3, -0.25) is 23.7 Å². The Balaban J connectivity index is 2.36. The number of rotatable bonds is 4. The summed E-state index contributed by atoms with van der Waals surface area (Å²) in [6.45, 7) is 7.32. The maximum Gasteiger partial charge on any atom is 0.330 e. The molecule has 0 fully saturated rings. The van der Waals surface area contributed by atoms with Crippen LogP contribution in [0.1, 0.15) is 34.1 Å². The topological polar surface area (TPSA) is 99.0 Å². The number of ether oxygens (including phenoxy) is 1. The van der Waals surface area contributed by atoms with Crippen LogP contribution in [0.25, 0.3) is 11.2 Å². The summed E-state index contributed by atoms with van der Waals surface area (Å²) in [7, 11) is 0. The highest BCUT2D eigenvalue weighted by atomic mass is 16.5. The monoisotopic (exact) mass is 308 g/mol. The molecule has 2 heterocycles. The van der Waals surface area contributed by atoms with Gasteiger partial charge in [0.2, 0.25) is 0 Å². The number of hydrogen-bond donors (Lipinski definition) is 1. The van der Waals surface area contributed by atoms with Gasteiger partial charge in [0.1, 0.15) is 5.65 Å². The Kier molecular flexibility index (Phi) is 4.20. The maximum atomic E-state index is 12.2. The molecule has 2 rings (SSSR count). The summed E-state index contributed by atoms with van der Waals surface area (Å²) >= 11 is 0. The zero-order chi connectivity index (χ0) is 16.5. The molecular formula is C14H20N4O4. The van der Waals surface area contributed by atoms with Gasteiger partial charge in [0.15, 0.2) is 12.2 Å². The molecule has 0 aromatic carbocycles. The van der Waals surface area contributed by atoms with Crippen molar-refractivity contribution in [3.63, 3.8) is 0 Å². The molecule has 1 N–H and O–H groups in total. The molecule has 0 aliphatic carbocycles. The van der Waals surface area contributed by atoms with E-state index in [9.17, 15) is 14.4 Å². The van der Waals surface area contributed by atoms with E-state index in [0.717, 1.165) is 4.57 Å². The van der Waals surface area contributed by atoms with Crippen molar-refractivity contribution < 1.29 is 9.53 Å². The molecule has 8 nitrogen and oxygen atoms in total. The van der Waals surface area contributed by atoms with Crippen LogP contribution in [0.2, 0.25) is 0 Å². The van der Waals surface area contributed by atoms with E-state index in [-0.39, 0.29) is 23.9 Å². The van der Waals surface area contributed by atoms with E-state index in [4.69, 9.17) is 4.74 Å². The van der Waals surface area contributed by atoms with Gasteiger partial charge in [-0.1, -0.05) is 6.92 Å². The molecule has 0 saturated heterocycles. The highest BCUT2D eigenvalue weighted by Crippen LogP contribution is 2.15. The zero-order valence-corrected chi connectivity index (χ0v) is 13.2. The Labute approximate surface area is 126 Å². The third-order valence-corrected chi connectivity index (χ3v) is 3.15. The Morgan fingerprint density at radius 1 is 1.36 bits per heavy atom. The number of carbonyl (C=O) groups excluding carboxylic acids is 1. The van der Waals surface area contributed by atoms with Crippen LogP contribution in [0.15, 0.2) is 15.9 Å². The molecule has 0 unspecified atom stereocenters. The summed E-state index contributed by atoms with van der Waals surface area (Å²) in [6, 6.07) is 0. The van der Waals surface area contributed by atoms with Crippen LogP contribution in [0.5, 0.6) is 0 Å². The van der Waals surface area contributed by atoms with E-state index >= 15 is 0 Å². The largest absolute Gasteiger partial charge is 0.443 e. The van der Waals surface area contributed by atoms with Gasteiger partial charge in [0, 0.05) is 6.54 Å². The standard InChI is InChI=1S/C14H20N4O4/c1-5-6-18-11(19)9-10(16-13(18)21)17(7-15-9)8-22-12(20)14(2,3)4/h7H,5-6,8H2,1-4H3,(H,16,21). The van der Waals surface area contributed by atoms with Crippen LogP contribution >= 0.6 is 0 Å². The van der Waals surface area contributed by atoms with E-state index < -0.39 is 16.7 Å². The van der Waals surface area contributed by atoms with Gasteiger partial charge in [-0.25, -0.2) is 9.78 Å². The van der Waals surface area contributed by atoms with Crippen molar-refractivity contribution in [2.75, 3.05) is 0 Å². The lowest BCUT2D eigenvalue weighted by atomic mass is 9.98. The van der Waals surface area contributed by atoms with E-state index in [1.807, 2.05) is 6.92 Å². The second-order valence-corrected chi connectivity index (χ2v) is 6.11. The van der Waals surface area contributed by atoms with Crippen molar-refractivity contribution in [1.29, 1.82) is 0 Å². The summed E-state index contributed by atoms with van der Waals surface area (Å²) in [5.74, 6) is -0.379. The number of nitrogens with one attached hydrogen (secondary N) is 1. The summed E-state index contributed by atoms with van der Waals surface area (Å²) in [5.41, 5.74) is -1.16. The summed E-state index contributed by atoms with van der Waals surface area (Å²) in [4.78, 5) is 42.6. The van der Waals surface area contributed by atoms with E-state index in [1.54, 1.807) is 20.8 Å². The van der Waals surface area contributed by atoms with Crippen molar-refractivity contribution in [1.82, 2.24) is 19.1 Å². The number of esters is 1. The number of aromatic amines is 1. The number of imidazole rings is 1. The predicted octanol–water partition coefficient (Wildman–Crippen LogP) is 0.843. The minimum Gasteiger partial charge on any atom is -0.443 e. The Bertz CT molecular complexity index is 807. The van der Waals surface area contributed by atoms with Gasteiger partial charge < -0.3 is 4.74 Å². The fourth-order valence-electron chi connectivity index (χ4n) is 1.93. The summed E-state index contributed by atoms with van der Waals surface area (Å²) in [6.07, 6.45) is 2.03. The Morgan fingerprint density at radius 2 is 2.05 bits per heavy atom. The normalized spacial score (nSPS) is 11.8. The first-order chi connectivity index (χ1) is 10.3. The molecule has 0 radical (unpaired) electrons. The first-order valence-electron chi connectivity index (χ1n) is 7.11. The molecule has 22 heavy (non-hydrogen) atoms. The average Bonchev–Trinajstić information content (AvgIpc) is 2.82. The van der Waals surface area contributed by atoms with E-state index in [0.29, 0.717) is 13.0 Å². The number of fused-ring (bicyclic) bond motifs is 1. The number of nitrogens with zero attached hydrogens (tertiary/aromatic N) is 3. The predicted molar refractivity (Wildman–Crippen MR) is 80.5 cm³/mol. The van der Waals surface area contributed by atoms with Gasteiger partial charge in [-0.05, 0) is 27.2 Å². The van der Waals surface area contributed by atoms with Crippen molar-refractivity contribution in [3.8, 4) is 0 Å². The molecule has 0 aliphatic heterocycles. The summed E-state index contributed by atoms with van der Waals surface area (Å²) in [5, 5.41) is 0. The second-order valence-electron chi connectivity index (χ2n) is 6.11. The van der Waals surface area contributed by atoms with Gasteiger partial charge >= 0.3 is 11.7 Å². The Morgan fingerprint density at radius 3 is 2.64 bits per heavy atom. The van der Waals surface area contributed by atoms with Crippen molar-refractivity contribution in [3.05, 3.63) is 27.2 Å². The minimum absolute atomic E-state index is 0.111. The van der Waals surface area contributed by atoms with E-state index in [2.05, 4.69) is 9.97 Å². The highest BCUT2D eigenvalue weighted by Gasteiger charge is 2.23. The molecule has 0 bridgehead atoms. The lowest BCUT2D eigenvalue weighted by molar-refractivity contribution is -0.156. The van der Waals surface area contributed by atoms with Crippen molar-refractivity contribution >= 4 is 17.1 Å². The number of hydrogen-bond acceptors (Lipinski definition) is 5. The highest BCUT2D eigenvalue weighted by molar-refractivity contribution is 5.75. The number of aromatic nitrogens is 4. The van der Waals surface area contributed by atoms with Gasteiger partial charge in [0.05, 0.1) is 11.7 Å². The minimum atomic E-state index is -0.627. The fourth-order valence-corrected chi connectivity index (χ4v) is 1.93. The fraction of sp³-hybridized carbons (Fsp3) is 0.571. The van der Waals surface area contributed by atoms with Crippen LogP contribution in [0, 0.1) is 5.41 Å². The molecule has 2 aromatic rings. The molecule has 0 amide bonds. The molecule has 2 aromatic heterocycles. The molecule has 0 saturated carbocycles. The van der Waals surface area contributed by atoms with Gasteiger partial charge in [0.25, 0.3) is 5.56 Å². The zero-order valence-electron chi connectivity index (χ0n) is 13.2.